The lowest BCUT2D eigenvalue weighted by Gasteiger charge is -2.35. The topological polar surface area (TPSA) is 0 Å². The minimum Gasteiger partial charge on any atom is -0.323 e. The van der Waals surface area contributed by atoms with Crippen LogP contribution in [0.5, 0.6) is 0 Å². The molecule has 0 fully saturated rings. The zero-order valence-corrected chi connectivity index (χ0v) is 13.6. The number of hydrogen-bond donors (Lipinski definition) is 0. The van der Waals surface area contributed by atoms with E-state index >= 15 is 0 Å². The van der Waals surface area contributed by atoms with Gasteiger partial charge in [0.15, 0.2) is 0 Å². The zero-order valence-electron chi connectivity index (χ0n) is 13.6. The minimum atomic E-state index is 0.591. The smallest absolute Gasteiger partial charge is 0.105 e. The zero-order chi connectivity index (χ0) is 15.3. The molecule has 0 N–H and O–H groups in total. The highest BCUT2D eigenvalue weighted by atomic mass is 15.3. The van der Waals surface area contributed by atoms with Crippen molar-refractivity contribution in [3.63, 3.8) is 0 Å². The van der Waals surface area contributed by atoms with E-state index in [1.54, 1.807) is 0 Å². The van der Waals surface area contributed by atoms with Crippen LogP contribution < -0.4 is 0 Å². The van der Waals surface area contributed by atoms with Gasteiger partial charge in [0, 0.05) is 5.57 Å². The molecule has 21 heavy (non-hydrogen) atoms. The first kappa shape index (κ1) is 15.5. The maximum atomic E-state index is 2.32. The summed E-state index contributed by atoms with van der Waals surface area (Å²) in [6, 6.07) is 21.9. The lowest BCUT2D eigenvalue weighted by molar-refractivity contribution is -0.903. The van der Waals surface area contributed by atoms with Gasteiger partial charge in [-0.05, 0) is 31.1 Å². The summed E-state index contributed by atoms with van der Waals surface area (Å²) >= 11 is 0. The number of hydrogen-bond acceptors (Lipinski definition) is 0. The van der Waals surface area contributed by atoms with Gasteiger partial charge in [0.25, 0.3) is 0 Å². The van der Waals surface area contributed by atoms with Gasteiger partial charge in [-0.15, -0.1) is 0 Å². The van der Waals surface area contributed by atoms with Gasteiger partial charge in [-0.25, -0.2) is 0 Å². The third-order valence-electron chi connectivity index (χ3n) is 4.26. The van der Waals surface area contributed by atoms with Gasteiger partial charge in [-0.2, -0.15) is 0 Å². The molecule has 0 spiro atoms. The summed E-state index contributed by atoms with van der Waals surface area (Å²) in [6.45, 7) is 5.59. The van der Waals surface area contributed by atoms with Crippen LogP contribution in [0.4, 0.5) is 0 Å². The molecule has 0 radical (unpaired) electrons. The van der Waals surface area contributed by atoms with Gasteiger partial charge in [0.2, 0.25) is 0 Å². The molecule has 110 valence electrons. The second kappa shape index (κ2) is 6.73. The number of likely N-dealkylation sites (N-methyl/N-ethyl adjacent to an activating group) is 1. The molecule has 0 saturated carbocycles. The van der Waals surface area contributed by atoms with Crippen molar-refractivity contribution in [2.75, 3.05) is 20.6 Å². The molecule has 2 aromatic rings. The van der Waals surface area contributed by atoms with Crippen molar-refractivity contribution in [2.24, 2.45) is 0 Å². The summed E-state index contributed by atoms with van der Waals surface area (Å²) in [7, 11) is 4.60. The van der Waals surface area contributed by atoms with Crippen LogP contribution >= 0.6 is 0 Å². The SMILES string of the molecule is CC(C)[N+](C)(C)C/C(=C\c1ccccc1)c1ccccc1. The van der Waals surface area contributed by atoms with E-state index < -0.39 is 0 Å². The molecule has 0 aliphatic rings. The maximum Gasteiger partial charge on any atom is 0.105 e. The van der Waals surface area contributed by atoms with Crippen molar-refractivity contribution in [1.82, 2.24) is 0 Å². The lowest BCUT2D eigenvalue weighted by Crippen LogP contribution is -2.46. The Morgan fingerprint density at radius 1 is 0.905 bits per heavy atom. The van der Waals surface area contributed by atoms with Gasteiger partial charge < -0.3 is 4.48 Å². The fourth-order valence-electron chi connectivity index (χ4n) is 2.24. The monoisotopic (exact) mass is 280 g/mol. The molecule has 0 unspecified atom stereocenters. The van der Waals surface area contributed by atoms with Crippen molar-refractivity contribution in [3.05, 3.63) is 71.8 Å². The van der Waals surface area contributed by atoms with E-state index in [2.05, 4.69) is 94.7 Å². The van der Waals surface area contributed by atoms with Crippen molar-refractivity contribution >= 4 is 11.6 Å². The normalized spacial score (nSPS) is 12.7. The molecule has 0 bridgehead atoms. The predicted molar refractivity (Wildman–Crippen MR) is 92.9 cm³/mol. The Labute approximate surface area is 129 Å². The highest BCUT2D eigenvalue weighted by Gasteiger charge is 2.22. The van der Waals surface area contributed by atoms with Gasteiger partial charge in [-0.3, -0.25) is 0 Å². The first-order valence-corrected chi connectivity index (χ1v) is 7.63. The van der Waals surface area contributed by atoms with Crippen LogP contribution in [0.15, 0.2) is 60.7 Å². The first-order chi connectivity index (χ1) is 9.99. The molecule has 1 nitrogen and oxygen atoms in total. The molecular weight excluding hydrogens is 254 g/mol. The Balaban J connectivity index is 2.39. The van der Waals surface area contributed by atoms with Gasteiger partial charge in [0.05, 0.1) is 20.1 Å². The highest BCUT2D eigenvalue weighted by molar-refractivity contribution is 5.82. The Morgan fingerprint density at radius 2 is 1.43 bits per heavy atom. The first-order valence-electron chi connectivity index (χ1n) is 7.63. The van der Waals surface area contributed by atoms with Gasteiger partial charge in [0.1, 0.15) is 6.54 Å². The molecule has 2 rings (SSSR count). The molecule has 0 aliphatic heterocycles. The molecular formula is C20H26N+. The number of nitrogens with zero attached hydrogens (tertiary/aromatic N) is 1. The number of quaternary nitrogens is 1. The van der Waals surface area contributed by atoms with Crippen LogP contribution in [0.3, 0.4) is 0 Å². The second-order valence-corrected chi connectivity index (χ2v) is 6.48. The minimum absolute atomic E-state index is 0.591. The molecule has 0 saturated heterocycles. The van der Waals surface area contributed by atoms with E-state index in [1.807, 2.05) is 0 Å². The third kappa shape index (κ3) is 4.30. The van der Waals surface area contributed by atoms with Crippen molar-refractivity contribution < 1.29 is 4.48 Å². The van der Waals surface area contributed by atoms with Crippen LogP contribution in [0, 0.1) is 0 Å². The Kier molecular flexibility index (Phi) is 4.98. The molecule has 2 aromatic carbocycles. The lowest BCUT2D eigenvalue weighted by atomic mass is 10.0. The standard InChI is InChI=1S/C20H26N/c1-17(2)21(3,4)16-20(19-13-9-6-10-14-19)15-18-11-7-5-8-12-18/h5-15,17H,16H2,1-4H3/q+1/b20-15+. The molecule has 0 atom stereocenters. The van der Waals surface area contributed by atoms with E-state index in [1.165, 1.54) is 16.7 Å². The van der Waals surface area contributed by atoms with Crippen molar-refractivity contribution in [1.29, 1.82) is 0 Å². The van der Waals surface area contributed by atoms with E-state index in [0.29, 0.717) is 6.04 Å². The third-order valence-corrected chi connectivity index (χ3v) is 4.26. The molecule has 0 aromatic heterocycles. The number of benzene rings is 2. The summed E-state index contributed by atoms with van der Waals surface area (Å²) in [5.41, 5.74) is 3.97. The maximum absolute atomic E-state index is 2.32. The van der Waals surface area contributed by atoms with E-state index in [9.17, 15) is 0 Å². The average molecular weight is 280 g/mol. The van der Waals surface area contributed by atoms with Crippen LogP contribution in [0.25, 0.3) is 11.6 Å². The quantitative estimate of drug-likeness (QED) is 0.549. The Bertz CT molecular complexity index is 580. The van der Waals surface area contributed by atoms with Crippen LogP contribution in [-0.4, -0.2) is 31.2 Å². The largest absolute Gasteiger partial charge is 0.323 e. The van der Waals surface area contributed by atoms with Crippen LogP contribution in [0.2, 0.25) is 0 Å². The molecule has 0 aliphatic carbocycles. The van der Waals surface area contributed by atoms with Crippen molar-refractivity contribution in [2.45, 2.75) is 19.9 Å². The van der Waals surface area contributed by atoms with E-state index in [0.717, 1.165) is 11.0 Å². The second-order valence-electron chi connectivity index (χ2n) is 6.48. The van der Waals surface area contributed by atoms with E-state index in [-0.39, 0.29) is 0 Å². The van der Waals surface area contributed by atoms with Crippen molar-refractivity contribution in [3.8, 4) is 0 Å². The predicted octanol–water partition coefficient (Wildman–Crippen LogP) is 4.71. The fraction of sp³-hybridized carbons (Fsp3) is 0.300. The summed E-state index contributed by atoms with van der Waals surface area (Å²) in [5, 5.41) is 0. The van der Waals surface area contributed by atoms with Crippen LogP contribution in [0.1, 0.15) is 25.0 Å². The fourth-order valence-corrected chi connectivity index (χ4v) is 2.24. The number of rotatable bonds is 5. The molecule has 0 heterocycles. The Hall–Kier alpha value is -1.86. The molecule has 1 heteroatoms. The average Bonchev–Trinajstić information content (AvgIpc) is 2.48. The summed E-state index contributed by atoms with van der Waals surface area (Å²) in [6.07, 6.45) is 2.32. The van der Waals surface area contributed by atoms with Gasteiger partial charge >= 0.3 is 0 Å². The summed E-state index contributed by atoms with van der Waals surface area (Å²) in [4.78, 5) is 0. The Morgan fingerprint density at radius 3 is 1.95 bits per heavy atom. The van der Waals surface area contributed by atoms with Gasteiger partial charge in [-0.1, -0.05) is 60.7 Å². The van der Waals surface area contributed by atoms with Crippen LogP contribution in [-0.2, 0) is 0 Å². The summed E-state index contributed by atoms with van der Waals surface area (Å²) < 4.78 is 0.980. The molecule has 0 amide bonds. The van der Waals surface area contributed by atoms with E-state index in [4.69, 9.17) is 0 Å². The highest BCUT2D eigenvalue weighted by Crippen LogP contribution is 2.22. The summed E-state index contributed by atoms with van der Waals surface area (Å²) in [5.74, 6) is 0.